The van der Waals surface area contributed by atoms with Gasteiger partial charge in [-0.1, -0.05) is 6.42 Å². The second kappa shape index (κ2) is 9.77. The molecule has 0 amide bonds. The first-order chi connectivity index (χ1) is 10.5. The highest BCUT2D eigenvalue weighted by molar-refractivity contribution is 4.86. The van der Waals surface area contributed by atoms with Crippen molar-refractivity contribution in [3.05, 3.63) is 0 Å². The lowest BCUT2D eigenvalue weighted by molar-refractivity contribution is -0.303. The maximum atomic E-state index is 10.1. The average molecular weight is 322 g/mol. The molecule has 0 heterocycles. The predicted molar refractivity (Wildman–Crippen MR) is 79.2 cm³/mol. The highest BCUT2D eigenvalue weighted by Crippen LogP contribution is 2.35. The van der Waals surface area contributed by atoms with Crippen LogP contribution in [-0.2, 0) is 18.9 Å². The molecule has 22 heavy (non-hydrogen) atoms. The first-order valence-electron chi connectivity index (χ1n) is 7.80. The number of hydrogen-bond donors (Lipinski definition) is 3. The summed E-state index contributed by atoms with van der Waals surface area (Å²) < 4.78 is 21.9. The van der Waals surface area contributed by atoms with Gasteiger partial charge in [-0.05, 0) is 19.8 Å². The third-order valence-corrected chi connectivity index (χ3v) is 4.08. The lowest BCUT2D eigenvalue weighted by atomic mass is 9.93. The summed E-state index contributed by atoms with van der Waals surface area (Å²) in [6.07, 6.45) is 0.603. The second-order valence-corrected chi connectivity index (χ2v) is 5.79. The molecule has 0 saturated heterocycles. The molecule has 1 saturated carbocycles. The summed E-state index contributed by atoms with van der Waals surface area (Å²) in [6, 6.07) is 0. The molecular weight excluding hydrogens is 292 g/mol. The van der Waals surface area contributed by atoms with Gasteiger partial charge in [-0.3, -0.25) is 0 Å². The lowest BCUT2D eigenvalue weighted by Crippen LogP contribution is -2.54. The van der Waals surface area contributed by atoms with Crippen LogP contribution in [0.4, 0.5) is 0 Å². The van der Waals surface area contributed by atoms with E-state index in [-0.39, 0.29) is 6.79 Å². The van der Waals surface area contributed by atoms with E-state index in [1.165, 1.54) is 7.11 Å². The zero-order valence-corrected chi connectivity index (χ0v) is 13.7. The van der Waals surface area contributed by atoms with Gasteiger partial charge >= 0.3 is 0 Å². The van der Waals surface area contributed by atoms with Gasteiger partial charge in [0, 0.05) is 27.1 Å². The minimum absolute atomic E-state index is 0.0481. The number of ether oxygens (including phenoxy) is 4. The van der Waals surface area contributed by atoms with E-state index >= 15 is 0 Å². The third-order valence-electron chi connectivity index (χ3n) is 4.08. The first kappa shape index (κ1) is 19.8. The Morgan fingerprint density at radius 1 is 1.05 bits per heavy atom. The first-order valence-corrected chi connectivity index (χ1v) is 7.80. The normalized spacial score (nSPS) is 23.7. The molecule has 1 rings (SSSR count). The Bertz CT molecular complexity index is 292. The van der Waals surface area contributed by atoms with E-state index in [2.05, 4.69) is 0 Å². The van der Waals surface area contributed by atoms with Crippen LogP contribution in [0.15, 0.2) is 0 Å². The highest BCUT2D eigenvalue weighted by Gasteiger charge is 2.42. The molecule has 1 fully saturated rings. The molecule has 0 bridgehead atoms. The van der Waals surface area contributed by atoms with Gasteiger partial charge in [0.05, 0.1) is 12.7 Å². The fourth-order valence-electron chi connectivity index (χ4n) is 2.83. The number of rotatable bonds is 10. The maximum Gasteiger partial charge on any atom is 0.168 e. The molecule has 7 heteroatoms. The van der Waals surface area contributed by atoms with Gasteiger partial charge in [-0.2, -0.15) is 0 Å². The summed E-state index contributed by atoms with van der Waals surface area (Å²) in [7, 11) is 3.04. The molecule has 4 atom stereocenters. The Labute approximate surface area is 132 Å². The molecule has 1 aliphatic carbocycles. The fourth-order valence-corrected chi connectivity index (χ4v) is 2.83. The SMILES string of the molecule is COCOC(C(C)O)C(OC1(OC)CCCCC1)C(O)CO. The summed E-state index contributed by atoms with van der Waals surface area (Å²) in [4.78, 5) is 0. The van der Waals surface area contributed by atoms with Crippen LogP contribution in [0.3, 0.4) is 0 Å². The lowest BCUT2D eigenvalue weighted by Gasteiger charge is -2.42. The van der Waals surface area contributed by atoms with E-state index < -0.39 is 36.8 Å². The summed E-state index contributed by atoms with van der Waals surface area (Å²) in [5.41, 5.74) is 0. The summed E-state index contributed by atoms with van der Waals surface area (Å²) in [5, 5.41) is 29.4. The fraction of sp³-hybridized carbons (Fsp3) is 1.00. The second-order valence-electron chi connectivity index (χ2n) is 5.79. The molecular formula is C15H30O7. The minimum atomic E-state index is -1.19. The maximum absolute atomic E-state index is 10.1. The van der Waals surface area contributed by atoms with E-state index in [1.54, 1.807) is 14.0 Å². The third kappa shape index (κ3) is 5.42. The summed E-state index contributed by atoms with van der Waals surface area (Å²) in [5.74, 6) is -0.817. The van der Waals surface area contributed by atoms with Gasteiger partial charge in [-0.25, -0.2) is 0 Å². The van der Waals surface area contributed by atoms with Crippen LogP contribution in [-0.4, -0.2) is 73.1 Å². The zero-order chi connectivity index (χ0) is 16.6. The number of aliphatic hydroxyl groups excluding tert-OH is 3. The van der Waals surface area contributed by atoms with Crippen molar-refractivity contribution < 1.29 is 34.3 Å². The summed E-state index contributed by atoms with van der Waals surface area (Å²) >= 11 is 0. The van der Waals surface area contributed by atoms with Gasteiger partial charge in [-0.15, -0.1) is 0 Å². The molecule has 132 valence electrons. The van der Waals surface area contributed by atoms with E-state index in [4.69, 9.17) is 18.9 Å². The van der Waals surface area contributed by atoms with Crippen LogP contribution < -0.4 is 0 Å². The van der Waals surface area contributed by atoms with Crippen LogP contribution >= 0.6 is 0 Å². The van der Waals surface area contributed by atoms with Crippen molar-refractivity contribution in [2.45, 2.75) is 69.2 Å². The van der Waals surface area contributed by atoms with Crippen molar-refractivity contribution in [2.24, 2.45) is 0 Å². The molecule has 3 N–H and O–H groups in total. The van der Waals surface area contributed by atoms with Gasteiger partial charge in [0.25, 0.3) is 0 Å². The van der Waals surface area contributed by atoms with Crippen LogP contribution in [0.25, 0.3) is 0 Å². The van der Waals surface area contributed by atoms with E-state index in [0.29, 0.717) is 12.8 Å². The van der Waals surface area contributed by atoms with Gasteiger partial charge in [0.1, 0.15) is 25.1 Å². The molecule has 7 nitrogen and oxygen atoms in total. The Kier molecular flexibility index (Phi) is 8.78. The largest absolute Gasteiger partial charge is 0.394 e. The minimum Gasteiger partial charge on any atom is -0.394 e. The Hall–Kier alpha value is -0.280. The Morgan fingerprint density at radius 2 is 1.68 bits per heavy atom. The molecule has 0 aliphatic heterocycles. The van der Waals surface area contributed by atoms with Gasteiger partial charge in [0.2, 0.25) is 0 Å². The highest BCUT2D eigenvalue weighted by atomic mass is 16.7. The van der Waals surface area contributed by atoms with Crippen LogP contribution in [0.2, 0.25) is 0 Å². The van der Waals surface area contributed by atoms with Crippen LogP contribution in [0.1, 0.15) is 39.0 Å². The quantitative estimate of drug-likeness (QED) is 0.501. The molecule has 0 aromatic carbocycles. The molecule has 0 aromatic rings. The van der Waals surface area contributed by atoms with Crippen LogP contribution in [0, 0.1) is 0 Å². The van der Waals surface area contributed by atoms with Crippen molar-refractivity contribution in [3.8, 4) is 0 Å². The predicted octanol–water partition coefficient (Wildman–Crippen LogP) is 0.401. The van der Waals surface area contributed by atoms with E-state index in [9.17, 15) is 15.3 Å². The molecule has 1 aliphatic rings. The van der Waals surface area contributed by atoms with E-state index in [0.717, 1.165) is 19.3 Å². The molecule has 0 aromatic heterocycles. The molecule has 4 unspecified atom stereocenters. The van der Waals surface area contributed by atoms with Crippen molar-refractivity contribution in [3.63, 3.8) is 0 Å². The monoisotopic (exact) mass is 322 g/mol. The Balaban J connectivity index is 2.89. The smallest absolute Gasteiger partial charge is 0.168 e. The number of aliphatic hydroxyl groups is 3. The Morgan fingerprint density at radius 3 is 2.14 bits per heavy atom. The van der Waals surface area contributed by atoms with Crippen molar-refractivity contribution in [1.82, 2.24) is 0 Å². The molecule has 0 spiro atoms. The average Bonchev–Trinajstić information content (AvgIpc) is 2.54. The number of methoxy groups -OCH3 is 2. The topological polar surface area (TPSA) is 97.6 Å². The van der Waals surface area contributed by atoms with Crippen molar-refractivity contribution in [2.75, 3.05) is 27.6 Å². The summed E-state index contributed by atoms with van der Waals surface area (Å²) in [6.45, 7) is 0.999. The van der Waals surface area contributed by atoms with Crippen molar-refractivity contribution in [1.29, 1.82) is 0 Å². The zero-order valence-electron chi connectivity index (χ0n) is 13.7. The van der Waals surface area contributed by atoms with Gasteiger partial charge < -0.3 is 34.3 Å². The number of hydrogen-bond acceptors (Lipinski definition) is 7. The van der Waals surface area contributed by atoms with E-state index in [1.807, 2.05) is 0 Å². The van der Waals surface area contributed by atoms with Gasteiger partial charge in [0.15, 0.2) is 5.79 Å². The molecule has 0 radical (unpaired) electrons. The standard InChI is InChI=1S/C15H30O7/c1-11(17)13(21-10-19-2)14(12(18)9-16)22-15(20-3)7-5-4-6-8-15/h11-14,16-18H,4-10H2,1-3H3. The van der Waals surface area contributed by atoms with Crippen molar-refractivity contribution >= 4 is 0 Å². The van der Waals surface area contributed by atoms with Crippen LogP contribution in [0.5, 0.6) is 0 Å².